The Morgan fingerprint density at radius 3 is 2.34 bits per heavy atom. The fraction of sp³-hybridized carbons (Fsp3) is 0.292. The van der Waals surface area contributed by atoms with Gasteiger partial charge in [0, 0.05) is 24.2 Å². The quantitative estimate of drug-likeness (QED) is 0.391. The van der Waals surface area contributed by atoms with Gasteiger partial charge < -0.3 is 19.1 Å². The van der Waals surface area contributed by atoms with Crippen molar-refractivity contribution in [3.05, 3.63) is 76.6 Å². The first kappa shape index (κ1) is 24.7. The molecule has 0 spiro atoms. The second-order valence-electron chi connectivity index (χ2n) is 8.19. The zero-order valence-electron chi connectivity index (χ0n) is 19.3. The van der Waals surface area contributed by atoms with E-state index in [0.717, 1.165) is 12.3 Å². The van der Waals surface area contributed by atoms with Crippen molar-refractivity contribution in [2.75, 3.05) is 7.11 Å². The minimum absolute atomic E-state index is 0.115. The van der Waals surface area contributed by atoms with Crippen molar-refractivity contribution in [3.8, 4) is 11.6 Å². The maximum Gasteiger partial charge on any atom is 0.433 e. The fourth-order valence-corrected chi connectivity index (χ4v) is 4.11. The summed E-state index contributed by atoms with van der Waals surface area (Å²) in [5.74, 6) is 0.451. The maximum atomic E-state index is 13.1. The van der Waals surface area contributed by atoms with E-state index < -0.39 is 17.5 Å². The Hall–Kier alpha value is -3.37. The summed E-state index contributed by atoms with van der Waals surface area (Å²) in [7, 11) is 3.12. The number of pyridine rings is 2. The average Bonchev–Trinajstić information content (AvgIpc) is 3.25. The van der Waals surface area contributed by atoms with Crippen LogP contribution in [0.3, 0.4) is 0 Å². The fourth-order valence-electron chi connectivity index (χ4n) is 3.83. The Labute approximate surface area is 204 Å². The summed E-state index contributed by atoms with van der Waals surface area (Å²) < 4.78 is 52.0. The maximum absolute atomic E-state index is 13.1. The summed E-state index contributed by atoms with van der Waals surface area (Å²) in [6, 6.07) is 6.87. The van der Waals surface area contributed by atoms with E-state index in [2.05, 4.69) is 15.0 Å². The van der Waals surface area contributed by atoms with Crippen LogP contribution in [0.4, 0.5) is 13.2 Å². The number of aryl methyl sites for hydroxylation is 1. The highest BCUT2D eigenvalue weighted by molar-refractivity contribution is 6.37. The van der Waals surface area contributed by atoms with E-state index >= 15 is 0 Å². The molecule has 0 amide bonds. The monoisotopic (exact) mass is 506 g/mol. The van der Waals surface area contributed by atoms with Gasteiger partial charge in [0.25, 0.3) is 5.88 Å². The summed E-state index contributed by atoms with van der Waals surface area (Å²) in [5, 5.41) is 12.7. The molecule has 3 heterocycles. The molecule has 0 saturated carbocycles. The van der Waals surface area contributed by atoms with Gasteiger partial charge >= 0.3 is 6.18 Å². The van der Waals surface area contributed by atoms with Crippen LogP contribution in [0.25, 0.3) is 10.9 Å². The Balaban J connectivity index is 1.96. The number of hydrogen-bond acceptors (Lipinski definition) is 6. The van der Waals surface area contributed by atoms with Gasteiger partial charge in [-0.3, -0.25) is 4.98 Å². The summed E-state index contributed by atoms with van der Waals surface area (Å²) >= 11 is 6.68. The van der Waals surface area contributed by atoms with Gasteiger partial charge in [0.2, 0.25) is 5.75 Å². The molecule has 1 N–H and O–H groups in total. The number of ether oxygens (including phenoxy) is 2. The largest absolute Gasteiger partial charge is 0.484 e. The number of alkyl halides is 3. The summed E-state index contributed by atoms with van der Waals surface area (Å²) in [5.41, 5.74) is -1.75. The summed E-state index contributed by atoms with van der Waals surface area (Å²) in [6.45, 7) is 3.66. The third-order valence-electron chi connectivity index (χ3n) is 5.47. The lowest BCUT2D eigenvalue weighted by atomic mass is 9.83. The third kappa shape index (κ3) is 4.39. The molecule has 0 bridgehead atoms. The van der Waals surface area contributed by atoms with Crippen molar-refractivity contribution in [2.45, 2.75) is 31.7 Å². The van der Waals surface area contributed by atoms with Crippen LogP contribution in [0.1, 0.15) is 36.4 Å². The highest BCUT2D eigenvalue weighted by Gasteiger charge is 2.39. The van der Waals surface area contributed by atoms with E-state index in [0.29, 0.717) is 22.2 Å². The minimum atomic E-state index is -4.61. The number of fused-ring (bicyclic) bond motifs is 1. The number of benzene rings is 1. The topological polar surface area (TPSA) is 82.3 Å². The molecule has 0 radical (unpaired) electrons. The first-order chi connectivity index (χ1) is 16.5. The van der Waals surface area contributed by atoms with Crippen molar-refractivity contribution in [1.29, 1.82) is 0 Å². The zero-order chi connectivity index (χ0) is 25.5. The van der Waals surface area contributed by atoms with Crippen molar-refractivity contribution >= 4 is 22.5 Å². The number of imidazole rings is 1. The average molecular weight is 507 g/mol. The standard InChI is InChI=1S/C24H22ClF3N4O3/c1-13(2)35-21-20(25)16-9-14(5-7-17(16)31-22(21)34-4)23(33,19-11-29-12-32(19)3)15-6-8-18(30-10-15)24(26,27)28/h5-13,33H,1-4H3/t23-/m0/s1. The molecule has 0 aliphatic carbocycles. The molecule has 3 aromatic heterocycles. The lowest BCUT2D eigenvalue weighted by Gasteiger charge is -2.30. The van der Waals surface area contributed by atoms with Crippen LogP contribution >= 0.6 is 11.6 Å². The molecule has 0 saturated heterocycles. The molecule has 4 rings (SSSR count). The van der Waals surface area contributed by atoms with Crippen LogP contribution in [0.15, 0.2) is 49.1 Å². The van der Waals surface area contributed by atoms with Gasteiger partial charge in [-0.1, -0.05) is 23.7 Å². The predicted octanol–water partition coefficient (Wildman–Crippen LogP) is 5.12. The van der Waals surface area contributed by atoms with Crippen LogP contribution in [0, 0.1) is 0 Å². The van der Waals surface area contributed by atoms with E-state index in [1.807, 2.05) is 13.8 Å². The molecule has 4 aromatic rings. The molecule has 0 aliphatic rings. The van der Waals surface area contributed by atoms with Crippen molar-refractivity contribution in [1.82, 2.24) is 19.5 Å². The molecule has 35 heavy (non-hydrogen) atoms. The number of aliphatic hydroxyl groups is 1. The van der Waals surface area contributed by atoms with Crippen molar-refractivity contribution < 1.29 is 27.8 Å². The highest BCUT2D eigenvalue weighted by atomic mass is 35.5. The summed E-state index contributed by atoms with van der Waals surface area (Å²) in [6.07, 6.45) is -0.915. The van der Waals surface area contributed by atoms with Gasteiger partial charge in [-0.05, 0) is 37.6 Å². The van der Waals surface area contributed by atoms with Gasteiger partial charge in [-0.25, -0.2) is 9.97 Å². The van der Waals surface area contributed by atoms with E-state index in [-0.39, 0.29) is 28.3 Å². The molecule has 1 aromatic carbocycles. The SMILES string of the molecule is COc1nc2ccc([C@](O)(c3ccc(C(F)(F)F)nc3)c3cncn3C)cc2c(Cl)c1OC(C)C. The number of aromatic nitrogens is 4. The predicted molar refractivity (Wildman–Crippen MR) is 124 cm³/mol. The minimum Gasteiger partial charge on any atom is -0.484 e. The van der Waals surface area contributed by atoms with Crippen LogP contribution in [0.5, 0.6) is 11.6 Å². The Morgan fingerprint density at radius 2 is 1.80 bits per heavy atom. The Kier molecular flexibility index (Phi) is 6.37. The van der Waals surface area contributed by atoms with E-state index in [1.165, 1.54) is 25.7 Å². The molecule has 184 valence electrons. The van der Waals surface area contributed by atoms with E-state index in [9.17, 15) is 18.3 Å². The second-order valence-corrected chi connectivity index (χ2v) is 8.57. The normalized spacial score (nSPS) is 13.8. The lowest BCUT2D eigenvalue weighted by molar-refractivity contribution is -0.141. The molecular formula is C24H22ClF3N4O3. The van der Waals surface area contributed by atoms with Crippen molar-refractivity contribution in [3.63, 3.8) is 0 Å². The molecular weight excluding hydrogens is 485 g/mol. The number of halogens is 4. The zero-order valence-corrected chi connectivity index (χ0v) is 20.0. The van der Waals surface area contributed by atoms with Crippen molar-refractivity contribution in [2.24, 2.45) is 7.05 Å². The molecule has 1 atom stereocenters. The van der Waals surface area contributed by atoms with Crippen LogP contribution in [0.2, 0.25) is 5.02 Å². The highest BCUT2D eigenvalue weighted by Crippen LogP contribution is 2.43. The number of rotatable bonds is 6. The van der Waals surface area contributed by atoms with Crippen LogP contribution in [-0.4, -0.2) is 37.8 Å². The second kappa shape index (κ2) is 9.01. The first-order valence-electron chi connectivity index (χ1n) is 10.5. The first-order valence-corrected chi connectivity index (χ1v) is 10.9. The van der Waals surface area contributed by atoms with Crippen LogP contribution in [-0.2, 0) is 18.8 Å². The van der Waals surface area contributed by atoms with E-state index in [1.54, 1.807) is 29.8 Å². The van der Waals surface area contributed by atoms with Gasteiger partial charge in [0.05, 0.1) is 42.0 Å². The lowest BCUT2D eigenvalue weighted by Crippen LogP contribution is -2.31. The molecule has 7 nitrogen and oxygen atoms in total. The number of hydrogen-bond donors (Lipinski definition) is 1. The summed E-state index contributed by atoms with van der Waals surface area (Å²) in [4.78, 5) is 12.1. The molecule has 0 fully saturated rings. The van der Waals surface area contributed by atoms with Gasteiger partial charge in [-0.15, -0.1) is 0 Å². The van der Waals surface area contributed by atoms with Gasteiger partial charge in [-0.2, -0.15) is 13.2 Å². The smallest absolute Gasteiger partial charge is 0.433 e. The van der Waals surface area contributed by atoms with E-state index in [4.69, 9.17) is 21.1 Å². The number of nitrogens with zero attached hydrogens (tertiary/aromatic N) is 4. The van der Waals surface area contributed by atoms with Gasteiger partial charge in [0.15, 0.2) is 5.60 Å². The van der Waals surface area contributed by atoms with Crippen LogP contribution < -0.4 is 9.47 Å². The molecule has 11 heteroatoms. The Bertz CT molecular complexity index is 1370. The third-order valence-corrected chi connectivity index (χ3v) is 5.85. The van der Waals surface area contributed by atoms with Gasteiger partial charge in [0.1, 0.15) is 5.69 Å². The Morgan fingerprint density at radius 1 is 1.09 bits per heavy atom. The molecule has 0 aliphatic heterocycles. The number of methoxy groups -OCH3 is 1. The molecule has 0 unspecified atom stereocenters.